The number of nitrogens with one attached hydrogen (secondary N) is 1. The molecular weight excluding hydrogens is 264 g/mol. The summed E-state index contributed by atoms with van der Waals surface area (Å²) >= 11 is 6.08. The maximum Gasteiger partial charge on any atom is 0.287 e. The molecule has 0 radical (unpaired) electrons. The topological polar surface area (TPSA) is 68.3 Å². The van der Waals surface area contributed by atoms with Crippen LogP contribution in [-0.4, -0.2) is 5.91 Å². The van der Waals surface area contributed by atoms with Gasteiger partial charge in [0.25, 0.3) is 5.91 Å². The summed E-state index contributed by atoms with van der Waals surface area (Å²) in [5.41, 5.74) is 6.30. The molecule has 100 valence electrons. The van der Waals surface area contributed by atoms with Crippen LogP contribution in [0.1, 0.15) is 34.8 Å². The zero-order valence-corrected chi connectivity index (χ0v) is 11.3. The first-order chi connectivity index (χ1) is 9.11. The van der Waals surface area contributed by atoms with E-state index in [1.54, 1.807) is 18.2 Å². The van der Waals surface area contributed by atoms with Crippen LogP contribution in [0.3, 0.4) is 0 Å². The molecule has 0 spiro atoms. The summed E-state index contributed by atoms with van der Waals surface area (Å²) in [6.07, 6.45) is 0. The molecule has 1 heterocycles. The van der Waals surface area contributed by atoms with E-state index in [9.17, 15) is 4.79 Å². The lowest BCUT2D eigenvalue weighted by atomic mass is 10.1. The van der Waals surface area contributed by atoms with E-state index in [-0.39, 0.29) is 24.3 Å². The first-order valence-electron chi connectivity index (χ1n) is 5.96. The molecule has 19 heavy (non-hydrogen) atoms. The van der Waals surface area contributed by atoms with Crippen LogP contribution in [0.25, 0.3) is 0 Å². The molecule has 1 aromatic carbocycles. The van der Waals surface area contributed by atoms with E-state index in [4.69, 9.17) is 21.8 Å². The number of hydrogen-bond acceptors (Lipinski definition) is 3. The third-order valence-electron chi connectivity index (χ3n) is 2.81. The largest absolute Gasteiger partial charge is 0.455 e. The molecule has 0 saturated heterocycles. The molecule has 0 bridgehead atoms. The van der Waals surface area contributed by atoms with Gasteiger partial charge in [0, 0.05) is 5.02 Å². The molecule has 1 aromatic heterocycles. The van der Waals surface area contributed by atoms with Crippen LogP contribution in [0.2, 0.25) is 5.02 Å². The van der Waals surface area contributed by atoms with E-state index in [1.165, 1.54) is 0 Å². The van der Waals surface area contributed by atoms with E-state index in [2.05, 4.69) is 5.32 Å². The van der Waals surface area contributed by atoms with Crippen LogP contribution in [0, 0.1) is 0 Å². The average molecular weight is 279 g/mol. The highest BCUT2D eigenvalue weighted by Gasteiger charge is 2.16. The number of carbonyl (C=O) groups excluding carboxylic acids is 1. The van der Waals surface area contributed by atoms with Gasteiger partial charge >= 0.3 is 0 Å². The fraction of sp³-hybridized carbons (Fsp3) is 0.214. The van der Waals surface area contributed by atoms with E-state index in [1.807, 2.05) is 25.1 Å². The lowest BCUT2D eigenvalue weighted by Gasteiger charge is -2.14. The van der Waals surface area contributed by atoms with Gasteiger partial charge < -0.3 is 15.5 Å². The fourth-order valence-corrected chi connectivity index (χ4v) is 2.08. The minimum Gasteiger partial charge on any atom is -0.455 e. The number of rotatable bonds is 4. The first kappa shape index (κ1) is 13.6. The van der Waals surface area contributed by atoms with Crippen LogP contribution in [0.15, 0.2) is 40.8 Å². The van der Waals surface area contributed by atoms with Gasteiger partial charge in [-0.3, -0.25) is 4.79 Å². The van der Waals surface area contributed by atoms with Crippen molar-refractivity contribution in [3.63, 3.8) is 0 Å². The maximum absolute atomic E-state index is 12.0. The van der Waals surface area contributed by atoms with Gasteiger partial charge in [-0.25, -0.2) is 0 Å². The predicted molar refractivity (Wildman–Crippen MR) is 73.9 cm³/mol. The average Bonchev–Trinajstić information content (AvgIpc) is 2.88. The Balaban J connectivity index is 2.08. The summed E-state index contributed by atoms with van der Waals surface area (Å²) < 4.78 is 5.29. The molecule has 1 unspecified atom stereocenters. The predicted octanol–water partition coefficient (Wildman–Crippen LogP) is 2.88. The molecule has 1 amide bonds. The number of benzene rings is 1. The third-order valence-corrected chi connectivity index (χ3v) is 3.15. The van der Waals surface area contributed by atoms with Gasteiger partial charge in [0.2, 0.25) is 0 Å². The molecule has 0 aliphatic rings. The van der Waals surface area contributed by atoms with Crippen LogP contribution < -0.4 is 11.1 Å². The second-order valence-corrected chi connectivity index (χ2v) is 4.59. The number of furan rings is 1. The Labute approximate surface area is 116 Å². The minimum atomic E-state index is -0.285. The fourth-order valence-electron chi connectivity index (χ4n) is 1.78. The van der Waals surface area contributed by atoms with Crippen molar-refractivity contribution in [2.45, 2.75) is 19.5 Å². The molecule has 2 aromatic rings. The Morgan fingerprint density at radius 2 is 2.11 bits per heavy atom. The summed E-state index contributed by atoms with van der Waals surface area (Å²) in [7, 11) is 0. The molecule has 2 rings (SSSR count). The van der Waals surface area contributed by atoms with Gasteiger partial charge in [-0.1, -0.05) is 29.8 Å². The van der Waals surface area contributed by atoms with Crippen molar-refractivity contribution < 1.29 is 9.21 Å². The second-order valence-electron chi connectivity index (χ2n) is 4.19. The normalized spacial score (nSPS) is 12.2. The smallest absolute Gasteiger partial charge is 0.287 e. The summed E-state index contributed by atoms with van der Waals surface area (Å²) in [5, 5.41) is 3.46. The molecule has 5 heteroatoms. The van der Waals surface area contributed by atoms with Gasteiger partial charge in [0.15, 0.2) is 5.76 Å². The Morgan fingerprint density at radius 3 is 2.74 bits per heavy atom. The molecule has 1 atom stereocenters. The highest BCUT2D eigenvalue weighted by molar-refractivity contribution is 6.31. The minimum absolute atomic E-state index is 0.201. The van der Waals surface area contributed by atoms with Gasteiger partial charge in [0.1, 0.15) is 5.76 Å². The number of amides is 1. The Kier molecular flexibility index (Phi) is 4.24. The molecule has 0 saturated carbocycles. The lowest BCUT2D eigenvalue weighted by Crippen LogP contribution is -2.26. The van der Waals surface area contributed by atoms with Crippen LogP contribution in [-0.2, 0) is 6.54 Å². The highest BCUT2D eigenvalue weighted by atomic mass is 35.5. The van der Waals surface area contributed by atoms with Crippen molar-refractivity contribution >= 4 is 17.5 Å². The number of hydrogen-bond donors (Lipinski definition) is 2. The summed E-state index contributed by atoms with van der Waals surface area (Å²) in [6.45, 7) is 2.14. The van der Waals surface area contributed by atoms with E-state index >= 15 is 0 Å². The van der Waals surface area contributed by atoms with Crippen molar-refractivity contribution in [3.05, 3.63) is 58.5 Å². The third kappa shape index (κ3) is 3.16. The monoisotopic (exact) mass is 278 g/mol. The van der Waals surface area contributed by atoms with Crippen LogP contribution >= 0.6 is 11.6 Å². The van der Waals surface area contributed by atoms with Gasteiger partial charge in [-0.15, -0.1) is 0 Å². The van der Waals surface area contributed by atoms with Crippen molar-refractivity contribution in [3.8, 4) is 0 Å². The highest BCUT2D eigenvalue weighted by Crippen LogP contribution is 2.22. The van der Waals surface area contributed by atoms with Gasteiger partial charge in [0.05, 0.1) is 12.6 Å². The van der Waals surface area contributed by atoms with Gasteiger partial charge in [-0.2, -0.15) is 0 Å². The summed E-state index contributed by atoms with van der Waals surface area (Å²) in [6, 6.07) is 10.5. The standard InChI is InChI=1S/C14H15ClN2O2/c1-9(11-4-2-3-5-12(11)15)17-14(18)13-7-6-10(8-16)19-13/h2-7,9H,8,16H2,1H3,(H,17,18). The van der Waals surface area contributed by atoms with Crippen LogP contribution in [0.5, 0.6) is 0 Å². The van der Waals surface area contributed by atoms with E-state index in [0.717, 1.165) is 5.56 Å². The molecule has 4 nitrogen and oxygen atoms in total. The quantitative estimate of drug-likeness (QED) is 0.903. The summed E-state index contributed by atoms with van der Waals surface area (Å²) in [4.78, 5) is 12.0. The molecular formula is C14H15ClN2O2. The number of halogens is 1. The Morgan fingerprint density at radius 1 is 1.37 bits per heavy atom. The zero-order valence-electron chi connectivity index (χ0n) is 10.5. The van der Waals surface area contributed by atoms with Crippen molar-refractivity contribution in [1.82, 2.24) is 5.32 Å². The summed E-state index contributed by atoms with van der Waals surface area (Å²) in [5.74, 6) is 0.544. The van der Waals surface area contributed by atoms with Crippen molar-refractivity contribution in [2.75, 3.05) is 0 Å². The second kappa shape index (κ2) is 5.91. The zero-order chi connectivity index (χ0) is 13.8. The maximum atomic E-state index is 12.0. The van der Waals surface area contributed by atoms with Crippen LogP contribution in [0.4, 0.5) is 0 Å². The van der Waals surface area contributed by atoms with Crippen molar-refractivity contribution in [1.29, 1.82) is 0 Å². The molecule has 0 aliphatic carbocycles. The Hall–Kier alpha value is -1.78. The molecule has 0 fully saturated rings. The van der Waals surface area contributed by atoms with Crippen molar-refractivity contribution in [2.24, 2.45) is 5.73 Å². The van der Waals surface area contributed by atoms with Gasteiger partial charge in [-0.05, 0) is 30.7 Å². The number of nitrogens with two attached hydrogens (primary N) is 1. The van der Waals surface area contributed by atoms with E-state index < -0.39 is 0 Å². The lowest BCUT2D eigenvalue weighted by molar-refractivity contribution is 0.0910. The SMILES string of the molecule is CC(NC(=O)c1ccc(CN)o1)c1ccccc1Cl. The molecule has 0 aliphatic heterocycles. The molecule has 3 N–H and O–H groups in total. The Bertz CT molecular complexity index is 580. The first-order valence-corrected chi connectivity index (χ1v) is 6.33. The van der Waals surface area contributed by atoms with E-state index in [0.29, 0.717) is 10.8 Å². The number of carbonyl (C=O) groups is 1.